The molecule has 1 amide bonds. The molecule has 0 aliphatic carbocycles. The molecule has 0 spiro atoms. The van der Waals surface area contributed by atoms with Gasteiger partial charge in [-0.3, -0.25) is 4.79 Å². The van der Waals surface area contributed by atoms with Crippen LogP contribution in [0.4, 0.5) is 22.0 Å². The van der Waals surface area contributed by atoms with Gasteiger partial charge in [-0.2, -0.15) is 13.2 Å². The van der Waals surface area contributed by atoms with Crippen LogP contribution in [-0.2, 0) is 23.5 Å². The van der Waals surface area contributed by atoms with Crippen molar-refractivity contribution in [3.8, 4) is 5.75 Å². The summed E-state index contributed by atoms with van der Waals surface area (Å²) in [6.07, 6.45) is -3.94. The van der Waals surface area contributed by atoms with E-state index >= 15 is 0 Å². The van der Waals surface area contributed by atoms with Crippen LogP contribution in [0.25, 0.3) is 10.8 Å². The second-order valence-electron chi connectivity index (χ2n) is 9.68. The molecule has 0 aliphatic heterocycles. The van der Waals surface area contributed by atoms with E-state index in [1.54, 1.807) is 37.3 Å². The molecule has 2 N–H and O–H groups in total. The molecule has 40 heavy (non-hydrogen) atoms. The Kier molecular flexibility index (Phi) is 9.43. The SMILES string of the molecule is CCCCC(CC)(NC(=O)c1ccc2ccccc2c1OCc1ccc(C(F)(F)F)cc1C(F)(F)CC)C(=O)O. The number of halogens is 5. The van der Waals surface area contributed by atoms with E-state index in [1.165, 1.54) is 13.0 Å². The molecule has 216 valence electrons. The van der Waals surface area contributed by atoms with Gasteiger partial charge in [-0.15, -0.1) is 0 Å². The predicted octanol–water partition coefficient (Wildman–Crippen LogP) is 8.09. The molecule has 0 bridgehead atoms. The highest BCUT2D eigenvalue weighted by molar-refractivity contribution is 6.05. The van der Waals surface area contributed by atoms with Crippen molar-refractivity contribution in [1.29, 1.82) is 0 Å². The quantitative estimate of drug-likeness (QED) is 0.218. The van der Waals surface area contributed by atoms with Crippen LogP contribution < -0.4 is 10.1 Å². The third-order valence-corrected chi connectivity index (χ3v) is 7.09. The molecule has 10 heteroatoms. The van der Waals surface area contributed by atoms with Gasteiger partial charge in [0.05, 0.1) is 11.1 Å². The first kappa shape index (κ1) is 30.8. The van der Waals surface area contributed by atoms with Crippen molar-refractivity contribution in [3.63, 3.8) is 0 Å². The lowest BCUT2D eigenvalue weighted by Gasteiger charge is -2.30. The van der Waals surface area contributed by atoms with Crippen LogP contribution in [-0.4, -0.2) is 22.5 Å². The average Bonchev–Trinajstić information content (AvgIpc) is 2.92. The van der Waals surface area contributed by atoms with E-state index in [2.05, 4.69) is 5.32 Å². The van der Waals surface area contributed by atoms with Crippen LogP contribution in [0, 0.1) is 0 Å². The zero-order valence-electron chi connectivity index (χ0n) is 22.5. The first-order chi connectivity index (χ1) is 18.8. The Hall–Kier alpha value is -3.69. The number of carbonyl (C=O) groups excluding carboxylic acids is 1. The van der Waals surface area contributed by atoms with Crippen molar-refractivity contribution >= 4 is 22.6 Å². The fourth-order valence-electron chi connectivity index (χ4n) is 4.54. The van der Waals surface area contributed by atoms with Gasteiger partial charge in [0, 0.05) is 17.4 Å². The summed E-state index contributed by atoms with van der Waals surface area (Å²) in [6, 6.07) is 12.0. The van der Waals surface area contributed by atoms with E-state index < -0.39 is 53.7 Å². The highest BCUT2D eigenvalue weighted by atomic mass is 19.4. The summed E-state index contributed by atoms with van der Waals surface area (Å²) in [5.74, 6) is -5.46. The number of nitrogens with one attached hydrogen (secondary N) is 1. The number of amides is 1. The monoisotopic (exact) mass is 565 g/mol. The fraction of sp³-hybridized carbons (Fsp3) is 0.400. The van der Waals surface area contributed by atoms with Crippen LogP contribution >= 0.6 is 0 Å². The molecule has 0 fully saturated rings. The molecule has 1 atom stereocenters. The largest absolute Gasteiger partial charge is 0.487 e. The van der Waals surface area contributed by atoms with Crippen LogP contribution in [0.15, 0.2) is 54.6 Å². The normalized spacial score (nSPS) is 13.6. The molecule has 5 nitrogen and oxygen atoms in total. The number of hydrogen-bond donors (Lipinski definition) is 2. The second-order valence-corrected chi connectivity index (χ2v) is 9.68. The van der Waals surface area contributed by atoms with Gasteiger partial charge in [0.1, 0.15) is 17.9 Å². The topological polar surface area (TPSA) is 75.6 Å². The molecule has 0 radical (unpaired) electrons. The molecule has 0 aromatic heterocycles. The Morgan fingerprint density at radius 3 is 2.23 bits per heavy atom. The van der Waals surface area contributed by atoms with E-state index in [-0.39, 0.29) is 29.7 Å². The second kappa shape index (κ2) is 12.2. The van der Waals surface area contributed by atoms with E-state index in [0.717, 1.165) is 6.07 Å². The van der Waals surface area contributed by atoms with Gasteiger partial charge < -0.3 is 15.2 Å². The van der Waals surface area contributed by atoms with Gasteiger partial charge in [0.2, 0.25) is 0 Å². The Morgan fingerprint density at radius 2 is 1.62 bits per heavy atom. The summed E-state index contributed by atoms with van der Waals surface area (Å²) < 4.78 is 75.3. The molecular formula is C30H32F5NO4. The molecule has 3 rings (SSSR count). The number of hydrogen-bond acceptors (Lipinski definition) is 3. The van der Waals surface area contributed by atoms with Crippen molar-refractivity contribution in [2.75, 3.05) is 0 Å². The molecule has 0 saturated heterocycles. The predicted molar refractivity (Wildman–Crippen MR) is 142 cm³/mol. The summed E-state index contributed by atoms with van der Waals surface area (Å²) in [6.45, 7) is 4.17. The molecular weight excluding hydrogens is 533 g/mol. The lowest BCUT2D eigenvalue weighted by atomic mass is 9.89. The number of carboxylic acid groups (broad SMARTS) is 1. The number of fused-ring (bicyclic) bond motifs is 1. The Labute approximate surface area is 229 Å². The molecule has 0 aliphatic rings. The minimum atomic E-state index is -4.81. The van der Waals surface area contributed by atoms with Crippen LogP contribution in [0.2, 0.25) is 0 Å². The summed E-state index contributed by atoms with van der Waals surface area (Å²) in [4.78, 5) is 25.7. The maximum atomic E-state index is 14.8. The average molecular weight is 566 g/mol. The minimum Gasteiger partial charge on any atom is -0.487 e. The molecule has 0 saturated carbocycles. The Morgan fingerprint density at radius 1 is 0.925 bits per heavy atom. The van der Waals surface area contributed by atoms with E-state index in [0.29, 0.717) is 35.7 Å². The van der Waals surface area contributed by atoms with Crippen molar-refractivity contribution < 1.29 is 41.4 Å². The molecule has 3 aromatic carbocycles. The maximum Gasteiger partial charge on any atom is 0.416 e. The van der Waals surface area contributed by atoms with Crippen molar-refractivity contribution in [3.05, 3.63) is 76.9 Å². The molecule has 1 unspecified atom stereocenters. The summed E-state index contributed by atoms with van der Waals surface area (Å²) in [5.41, 5.74) is -3.74. The lowest BCUT2D eigenvalue weighted by molar-refractivity contribution is -0.145. The number of alkyl halides is 5. The van der Waals surface area contributed by atoms with E-state index in [1.807, 2.05) is 6.92 Å². The van der Waals surface area contributed by atoms with Gasteiger partial charge in [-0.25, -0.2) is 13.6 Å². The number of carboxylic acids is 1. The number of aliphatic carboxylic acids is 1. The van der Waals surface area contributed by atoms with Gasteiger partial charge in [-0.1, -0.05) is 70.0 Å². The third-order valence-electron chi connectivity index (χ3n) is 7.09. The molecule has 3 aromatic rings. The van der Waals surface area contributed by atoms with Crippen molar-refractivity contribution in [1.82, 2.24) is 5.32 Å². The van der Waals surface area contributed by atoms with Crippen LogP contribution in [0.3, 0.4) is 0 Å². The summed E-state index contributed by atoms with van der Waals surface area (Å²) >= 11 is 0. The van der Waals surface area contributed by atoms with E-state index in [4.69, 9.17) is 4.74 Å². The highest BCUT2D eigenvalue weighted by Gasteiger charge is 2.39. The van der Waals surface area contributed by atoms with Crippen LogP contribution in [0.5, 0.6) is 5.75 Å². The zero-order chi connectivity index (χ0) is 29.7. The maximum absolute atomic E-state index is 14.8. The third kappa shape index (κ3) is 6.54. The fourth-order valence-corrected chi connectivity index (χ4v) is 4.54. The zero-order valence-corrected chi connectivity index (χ0v) is 22.5. The van der Waals surface area contributed by atoms with Gasteiger partial charge in [0.15, 0.2) is 0 Å². The molecule has 0 heterocycles. The highest BCUT2D eigenvalue weighted by Crippen LogP contribution is 2.39. The van der Waals surface area contributed by atoms with Gasteiger partial charge in [-0.05, 0) is 42.0 Å². The van der Waals surface area contributed by atoms with Crippen molar-refractivity contribution in [2.45, 2.75) is 77.1 Å². The number of rotatable bonds is 12. The first-order valence-corrected chi connectivity index (χ1v) is 13.1. The first-order valence-electron chi connectivity index (χ1n) is 13.1. The van der Waals surface area contributed by atoms with E-state index in [9.17, 15) is 36.6 Å². The van der Waals surface area contributed by atoms with Gasteiger partial charge in [0.25, 0.3) is 11.8 Å². The van der Waals surface area contributed by atoms with Gasteiger partial charge >= 0.3 is 12.1 Å². The summed E-state index contributed by atoms with van der Waals surface area (Å²) in [7, 11) is 0. The minimum absolute atomic E-state index is 0.00662. The number of carbonyl (C=O) groups is 2. The van der Waals surface area contributed by atoms with Crippen LogP contribution in [0.1, 0.15) is 79.9 Å². The smallest absolute Gasteiger partial charge is 0.416 e. The van der Waals surface area contributed by atoms with Crippen molar-refractivity contribution in [2.24, 2.45) is 0 Å². The number of unbranched alkanes of at least 4 members (excludes halogenated alkanes) is 1. The standard InChI is InChI=1S/C30H32F5NO4/c1-4-7-16-28(5-2,27(38)39)36-26(37)23-15-13-19-10-8-9-11-22(19)25(23)40-18-20-12-14-21(30(33,34)35)17-24(20)29(31,32)6-3/h8-15,17H,4-7,16,18H2,1-3H3,(H,36,37)(H,38,39). The number of ether oxygens (including phenoxy) is 1. The lowest BCUT2D eigenvalue weighted by Crippen LogP contribution is -2.54. The summed E-state index contributed by atoms with van der Waals surface area (Å²) in [5, 5.41) is 13.7. The Bertz CT molecular complexity index is 1370. The Balaban J connectivity index is 2.07. The number of benzene rings is 3.